The van der Waals surface area contributed by atoms with E-state index in [1.54, 1.807) is 13.8 Å². The lowest BCUT2D eigenvalue weighted by Crippen LogP contribution is -2.60. The highest BCUT2D eigenvalue weighted by Crippen LogP contribution is 2.59. The van der Waals surface area contributed by atoms with Gasteiger partial charge in [-0.2, -0.15) is 8.78 Å². The lowest BCUT2D eigenvalue weighted by Gasteiger charge is -2.27. The van der Waals surface area contributed by atoms with Crippen LogP contribution in [0.4, 0.5) is 8.78 Å². The molecule has 334 valence electrons. The zero-order chi connectivity index (χ0) is 46.3. The highest BCUT2D eigenvalue weighted by atomic mass is 31.2. The van der Waals surface area contributed by atoms with Gasteiger partial charge in [0.2, 0.25) is 41.4 Å². The molecule has 26 heteroatoms. The van der Waals surface area contributed by atoms with Gasteiger partial charge in [0.05, 0.1) is 12.8 Å². The highest BCUT2D eigenvalue weighted by Gasteiger charge is 2.50. The molecule has 1 aromatic carbocycles. The van der Waals surface area contributed by atoms with Crippen LogP contribution in [0.5, 0.6) is 0 Å². The molecule has 0 saturated heterocycles. The first-order chi connectivity index (χ1) is 27.5. The molecule has 0 spiro atoms. The number of hydrogen-bond donors (Lipinski definition) is 12. The third-order valence-electron chi connectivity index (χ3n) is 8.22. The molecule has 1 rings (SSSR count). The van der Waals surface area contributed by atoms with E-state index in [2.05, 4.69) is 26.6 Å². The molecule has 1 aromatic rings. The number of carbonyl (C=O) groups is 10. The van der Waals surface area contributed by atoms with Crippen molar-refractivity contribution in [3.05, 3.63) is 35.4 Å². The van der Waals surface area contributed by atoms with Gasteiger partial charge in [-0.05, 0) is 31.2 Å². The van der Waals surface area contributed by atoms with Crippen molar-refractivity contribution >= 4 is 66.9 Å². The van der Waals surface area contributed by atoms with Crippen LogP contribution in [0, 0.1) is 5.92 Å². The summed E-state index contributed by atoms with van der Waals surface area (Å²) < 4.78 is 39.9. The van der Waals surface area contributed by atoms with Gasteiger partial charge < -0.3 is 62.7 Å². The molecule has 23 nitrogen and oxygen atoms in total. The zero-order valence-electron chi connectivity index (χ0n) is 32.6. The smallest absolute Gasteiger partial charge is 0.399 e. The Bertz CT molecular complexity index is 1830. The predicted octanol–water partition coefficient (Wildman–Crippen LogP) is -2.25. The first-order valence-corrected chi connectivity index (χ1v) is 19.4. The summed E-state index contributed by atoms with van der Waals surface area (Å²) in [6, 6.07) is -7.00. The number of hydrogen-bond acceptors (Lipinski definition) is 11. The van der Waals surface area contributed by atoms with Crippen LogP contribution in [0.3, 0.4) is 0 Å². The molecule has 13 N–H and O–H groups in total. The summed E-state index contributed by atoms with van der Waals surface area (Å²) in [5.74, 6) is -12.7. The average Bonchev–Trinajstić information content (AvgIpc) is 3.10. The topological polar surface area (TPSA) is 387 Å². The van der Waals surface area contributed by atoms with Crippen molar-refractivity contribution in [3.8, 4) is 0 Å². The highest BCUT2D eigenvalue weighted by molar-refractivity contribution is 7.52. The summed E-state index contributed by atoms with van der Waals surface area (Å²) in [5.41, 5.74) is -0.262. The molecule has 0 aliphatic carbocycles. The number of nitrogens with one attached hydrogen (secondary N) is 6. The van der Waals surface area contributed by atoms with Crippen LogP contribution in [-0.4, -0.2) is 121 Å². The normalized spacial score (nSPS) is 14.5. The maximum absolute atomic E-state index is 14.3. The number of rotatable bonds is 25. The number of carbonyl (C=O) groups excluding carboxylic acids is 7. The fourth-order valence-electron chi connectivity index (χ4n) is 5.22. The molecular weight excluding hydrogens is 831 g/mol. The third-order valence-corrected chi connectivity index (χ3v) is 9.21. The first kappa shape index (κ1) is 51.9. The number of benzene rings is 1. The number of primary amides is 1. The fourth-order valence-corrected chi connectivity index (χ4v) is 5.70. The van der Waals surface area contributed by atoms with Crippen LogP contribution in [0.1, 0.15) is 70.9 Å². The quantitative estimate of drug-likeness (QED) is 0.0462. The van der Waals surface area contributed by atoms with Gasteiger partial charge in [-0.25, -0.2) is 0 Å². The van der Waals surface area contributed by atoms with E-state index >= 15 is 0 Å². The van der Waals surface area contributed by atoms with Gasteiger partial charge in [0.25, 0.3) is 0 Å². The van der Waals surface area contributed by atoms with Crippen molar-refractivity contribution < 1.29 is 86.4 Å². The lowest BCUT2D eigenvalue weighted by molar-refractivity contribution is -0.141. The van der Waals surface area contributed by atoms with Crippen molar-refractivity contribution in [2.45, 2.75) is 108 Å². The molecule has 0 aliphatic rings. The standard InChI is InChI=1S/C34H48F2N7O16P/c1-15(2)11-21(28(37)51)41-32(55)22(12-18-5-7-19(8-6-18)34(35,36)60(57,58)59)43-30(53)20(9-10-25(45)46)40-33(56)24(14-27(49)50)42-29(52)16(3)38-31(54)23(13-26(47)48)39-17(4)44/h5-8,15-16,20-24H,9-14H2,1-4H3,(H2,37,51)(H,38,54)(H,39,44)(H,40,56)(H,41,55)(H,42,52)(H,43,53)(H,45,46)(H,47,48)(H,49,50)(H2,57,58,59)/t16-,20-,21-,22?,23-,24-/m0/s1. The van der Waals surface area contributed by atoms with Gasteiger partial charge in [-0.1, -0.05) is 38.1 Å². The minimum atomic E-state index is -5.97. The number of amides is 7. The maximum atomic E-state index is 14.3. The molecule has 0 saturated carbocycles. The SMILES string of the molecule is CC(=O)N[C@@H](CC(=O)O)C(=O)N[C@@H](C)C(=O)N[C@@H](CC(=O)O)C(=O)N[C@@H](CCC(=O)O)C(=O)NC(Cc1ccc(C(F)(F)P(=O)(O)O)cc1)C(=O)N[C@@H](CC(C)C)C(N)=O. The van der Waals surface area contributed by atoms with Gasteiger partial charge in [0.15, 0.2) is 0 Å². The van der Waals surface area contributed by atoms with E-state index in [9.17, 15) is 71.5 Å². The van der Waals surface area contributed by atoms with Crippen LogP contribution in [0.2, 0.25) is 0 Å². The summed E-state index contributed by atoms with van der Waals surface area (Å²) in [6.45, 7) is 5.43. The van der Waals surface area contributed by atoms with E-state index in [0.29, 0.717) is 12.1 Å². The van der Waals surface area contributed by atoms with E-state index < -0.39 is 146 Å². The van der Waals surface area contributed by atoms with Crippen LogP contribution < -0.4 is 37.6 Å². The Morgan fingerprint density at radius 3 is 1.53 bits per heavy atom. The van der Waals surface area contributed by atoms with Gasteiger partial charge in [0, 0.05) is 25.3 Å². The summed E-state index contributed by atoms with van der Waals surface area (Å²) in [5, 5.41) is 40.8. The van der Waals surface area contributed by atoms with E-state index in [-0.39, 0.29) is 17.9 Å². The molecule has 0 bridgehead atoms. The zero-order valence-corrected chi connectivity index (χ0v) is 33.5. The summed E-state index contributed by atoms with van der Waals surface area (Å²) in [4.78, 5) is 142. The van der Waals surface area contributed by atoms with E-state index in [1.807, 2.05) is 5.32 Å². The Hall–Kier alpha value is -6.07. The molecule has 60 heavy (non-hydrogen) atoms. The van der Waals surface area contributed by atoms with Gasteiger partial charge in [0.1, 0.15) is 36.3 Å². The summed E-state index contributed by atoms with van der Waals surface area (Å²) in [6.07, 6.45) is -4.11. The first-order valence-electron chi connectivity index (χ1n) is 17.8. The van der Waals surface area contributed by atoms with Crippen molar-refractivity contribution in [2.24, 2.45) is 11.7 Å². The van der Waals surface area contributed by atoms with Gasteiger partial charge >= 0.3 is 31.2 Å². The van der Waals surface area contributed by atoms with Crippen molar-refractivity contribution in [2.75, 3.05) is 0 Å². The molecule has 0 radical (unpaired) electrons. The summed E-state index contributed by atoms with van der Waals surface area (Å²) >= 11 is 0. The van der Waals surface area contributed by atoms with E-state index in [4.69, 9.17) is 20.6 Å². The predicted molar refractivity (Wildman–Crippen MR) is 199 cm³/mol. The number of alkyl halides is 2. The molecule has 1 unspecified atom stereocenters. The second-order valence-electron chi connectivity index (χ2n) is 13.9. The summed E-state index contributed by atoms with van der Waals surface area (Å²) in [7, 11) is -5.97. The molecule has 0 aliphatic heterocycles. The Morgan fingerprint density at radius 2 is 1.08 bits per heavy atom. The van der Waals surface area contributed by atoms with Crippen molar-refractivity contribution in [1.82, 2.24) is 31.9 Å². The average molecular weight is 880 g/mol. The maximum Gasteiger partial charge on any atom is 0.399 e. The lowest BCUT2D eigenvalue weighted by atomic mass is 10.00. The third kappa shape index (κ3) is 17.4. The Kier molecular flexibility index (Phi) is 19.8. The van der Waals surface area contributed by atoms with Gasteiger partial charge in [-0.3, -0.25) is 52.5 Å². The molecule has 7 amide bonds. The Balaban J connectivity index is 3.48. The number of carboxylic acid groups (broad SMARTS) is 3. The fraction of sp³-hybridized carbons (Fsp3) is 0.529. The number of aliphatic carboxylic acids is 3. The molecule has 0 fully saturated rings. The minimum absolute atomic E-state index is 0.00289. The molecule has 0 aromatic heterocycles. The van der Waals surface area contributed by atoms with Crippen LogP contribution in [0.25, 0.3) is 0 Å². The second-order valence-corrected chi connectivity index (χ2v) is 15.5. The minimum Gasteiger partial charge on any atom is -0.481 e. The van der Waals surface area contributed by atoms with E-state index in [1.165, 1.54) is 0 Å². The van der Waals surface area contributed by atoms with E-state index in [0.717, 1.165) is 26.0 Å². The van der Waals surface area contributed by atoms with Crippen LogP contribution in [-0.2, 0) is 64.6 Å². The second kappa shape index (κ2) is 22.9. The molecule has 6 atom stereocenters. The largest absolute Gasteiger partial charge is 0.481 e. The van der Waals surface area contributed by atoms with Gasteiger partial charge in [-0.15, -0.1) is 0 Å². The van der Waals surface area contributed by atoms with Crippen molar-refractivity contribution in [3.63, 3.8) is 0 Å². The molecule has 0 heterocycles. The number of carboxylic acids is 3. The van der Waals surface area contributed by atoms with Crippen molar-refractivity contribution in [1.29, 1.82) is 0 Å². The van der Waals surface area contributed by atoms with Crippen LogP contribution in [0.15, 0.2) is 24.3 Å². The Labute approximate surface area is 340 Å². The Morgan fingerprint density at radius 1 is 0.650 bits per heavy atom. The number of halogens is 2. The van der Waals surface area contributed by atoms with Crippen LogP contribution >= 0.6 is 7.60 Å². The number of nitrogens with two attached hydrogens (primary N) is 1. The monoisotopic (exact) mass is 879 g/mol. The molecular formula is C34H48F2N7O16P.